The summed E-state index contributed by atoms with van der Waals surface area (Å²) >= 11 is 0. The van der Waals surface area contributed by atoms with Gasteiger partial charge in [-0.15, -0.1) is 0 Å². The Bertz CT molecular complexity index is 433. The molecule has 0 aliphatic heterocycles. The van der Waals surface area contributed by atoms with Crippen molar-refractivity contribution in [1.82, 2.24) is 5.32 Å². The molecule has 1 aromatic carbocycles. The third-order valence-electron chi connectivity index (χ3n) is 4.70. The third-order valence-corrected chi connectivity index (χ3v) is 4.70. The zero-order chi connectivity index (χ0) is 15.1. The molecule has 1 aliphatic carbocycles. The quantitative estimate of drug-likeness (QED) is 0.829. The molecule has 1 N–H and O–H groups in total. The van der Waals surface area contributed by atoms with Crippen molar-refractivity contribution < 1.29 is 9.47 Å². The summed E-state index contributed by atoms with van der Waals surface area (Å²) in [6.45, 7) is 3.36. The lowest BCUT2D eigenvalue weighted by Crippen LogP contribution is -2.39. The number of methoxy groups -OCH3 is 2. The molecule has 3 heteroatoms. The maximum atomic E-state index is 5.36. The van der Waals surface area contributed by atoms with E-state index in [-0.39, 0.29) is 0 Å². The molecule has 2 atom stereocenters. The van der Waals surface area contributed by atoms with Crippen LogP contribution in [0.5, 0.6) is 11.5 Å². The van der Waals surface area contributed by atoms with Gasteiger partial charge in [0, 0.05) is 6.04 Å². The molecule has 0 radical (unpaired) electrons. The molecule has 0 saturated heterocycles. The molecule has 0 heterocycles. The Kier molecular flexibility index (Phi) is 6.37. The summed E-state index contributed by atoms with van der Waals surface area (Å²) in [7, 11) is 3.36. The van der Waals surface area contributed by atoms with Gasteiger partial charge in [0.2, 0.25) is 0 Å². The van der Waals surface area contributed by atoms with Gasteiger partial charge in [-0.3, -0.25) is 0 Å². The Morgan fingerprint density at radius 1 is 1.10 bits per heavy atom. The molecule has 2 rings (SSSR count). The minimum Gasteiger partial charge on any atom is -0.493 e. The van der Waals surface area contributed by atoms with Crippen LogP contribution in [0, 0.1) is 5.92 Å². The molecular weight excluding hydrogens is 262 g/mol. The molecule has 1 fully saturated rings. The Hall–Kier alpha value is -1.22. The molecule has 1 aromatic rings. The van der Waals surface area contributed by atoms with Crippen molar-refractivity contribution in [2.45, 2.75) is 51.5 Å². The van der Waals surface area contributed by atoms with Crippen LogP contribution in [0.15, 0.2) is 18.2 Å². The molecule has 21 heavy (non-hydrogen) atoms. The number of nitrogens with one attached hydrogen (secondary N) is 1. The van der Waals surface area contributed by atoms with Crippen molar-refractivity contribution in [3.63, 3.8) is 0 Å². The maximum absolute atomic E-state index is 5.36. The highest BCUT2D eigenvalue weighted by Crippen LogP contribution is 2.28. The fourth-order valence-electron chi connectivity index (χ4n) is 3.40. The summed E-state index contributed by atoms with van der Waals surface area (Å²) in [5.74, 6) is 2.48. The van der Waals surface area contributed by atoms with Crippen LogP contribution in [0.2, 0.25) is 0 Å². The molecule has 2 unspecified atom stereocenters. The van der Waals surface area contributed by atoms with E-state index in [4.69, 9.17) is 9.47 Å². The van der Waals surface area contributed by atoms with Crippen LogP contribution in [0.25, 0.3) is 0 Å². The fourth-order valence-corrected chi connectivity index (χ4v) is 3.40. The Morgan fingerprint density at radius 2 is 1.86 bits per heavy atom. The van der Waals surface area contributed by atoms with Gasteiger partial charge in [0.1, 0.15) is 0 Å². The van der Waals surface area contributed by atoms with Crippen LogP contribution in [0.4, 0.5) is 0 Å². The van der Waals surface area contributed by atoms with E-state index in [9.17, 15) is 0 Å². The van der Waals surface area contributed by atoms with E-state index in [0.717, 1.165) is 30.4 Å². The van der Waals surface area contributed by atoms with Crippen molar-refractivity contribution in [1.29, 1.82) is 0 Å². The third kappa shape index (κ3) is 4.37. The van der Waals surface area contributed by atoms with E-state index in [2.05, 4.69) is 24.4 Å². The summed E-state index contributed by atoms with van der Waals surface area (Å²) in [4.78, 5) is 0. The number of hydrogen-bond acceptors (Lipinski definition) is 3. The standard InChI is InChI=1S/C18H29NO2/c1-4-15-7-5-6-8-16(15)19-12-11-14-9-10-17(20-2)18(13-14)21-3/h9-10,13,15-16,19H,4-8,11-12H2,1-3H3. The SMILES string of the molecule is CCC1CCCCC1NCCc1ccc(OC)c(OC)c1. The number of ether oxygens (including phenoxy) is 2. The lowest BCUT2D eigenvalue weighted by atomic mass is 9.83. The van der Waals surface area contributed by atoms with Crippen LogP contribution in [0.1, 0.15) is 44.6 Å². The van der Waals surface area contributed by atoms with Crippen molar-refractivity contribution >= 4 is 0 Å². The molecule has 1 aliphatic rings. The molecule has 0 aromatic heterocycles. The molecular formula is C18H29NO2. The average molecular weight is 291 g/mol. The molecule has 0 spiro atoms. The van der Waals surface area contributed by atoms with Crippen molar-refractivity contribution in [3.8, 4) is 11.5 Å². The summed E-state index contributed by atoms with van der Waals surface area (Å²) < 4.78 is 10.6. The normalized spacial score (nSPS) is 22.0. The van der Waals surface area contributed by atoms with Crippen LogP contribution >= 0.6 is 0 Å². The van der Waals surface area contributed by atoms with E-state index < -0.39 is 0 Å². The summed E-state index contributed by atoms with van der Waals surface area (Å²) in [6.07, 6.45) is 7.85. The smallest absolute Gasteiger partial charge is 0.160 e. The minimum atomic E-state index is 0.712. The highest BCUT2D eigenvalue weighted by atomic mass is 16.5. The zero-order valence-corrected chi connectivity index (χ0v) is 13.7. The average Bonchev–Trinajstić information content (AvgIpc) is 2.55. The monoisotopic (exact) mass is 291 g/mol. The lowest BCUT2D eigenvalue weighted by molar-refractivity contribution is 0.257. The highest BCUT2D eigenvalue weighted by Gasteiger charge is 2.22. The van der Waals surface area contributed by atoms with Gasteiger partial charge in [0.05, 0.1) is 14.2 Å². The Labute approximate surface area is 129 Å². The minimum absolute atomic E-state index is 0.712. The summed E-state index contributed by atoms with van der Waals surface area (Å²) in [5.41, 5.74) is 1.30. The molecule has 0 bridgehead atoms. The van der Waals surface area contributed by atoms with Gasteiger partial charge in [0.15, 0.2) is 11.5 Å². The van der Waals surface area contributed by atoms with Crippen LogP contribution < -0.4 is 14.8 Å². The first-order valence-corrected chi connectivity index (χ1v) is 8.22. The van der Waals surface area contributed by atoms with E-state index in [1.54, 1.807) is 14.2 Å². The van der Waals surface area contributed by atoms with Crippen molar-refractivity contribution in [2.24, 2.45) is 5.92 Å². The van der Waals surface area contributed by atoms with Crippen LogP contribution in [-0.4, -0.2) is 26.8 Å². The number of hydrogen-bond donors (Lipinski definition) is 1. The second-order valence-electron chi connectivity index (χ2n) is 5.95. The Balaban J connectivity index is 1.85. The van der Waals surface area contributed by atoms with Gasteiger partial charge >= 0.3 is 0 Å². The first-order valence-electron chi connectivity index (χ1n) is 8.22. The topological polar surface area (TPSA) is 30.5 Å². The summed E-state index contributed by atoms with van der Waals surface area (Å²) in [5, 5.41) is 3.77. The maximum Gasteiger partial charge on any atom is 0.160 e. The number of rotatable bonds is 7. The van der Waals surface area contributed by atoms with Crippen LogP contribution in [0.3, 0.4) is 0 Å². The van der Waals surface area contributed by atoms with Gasteiger partial charge in [-0.1, -0.05) is 32.3 Å². The first kappa shape index (κ1) is 16.2. The molecule has 118 valence electrons. The first-order chi connectivity index (χ1) is 10.3. The van der Waals surface area contributed by atoms with Gasteiger partial charge in [-0.05, 0) is 49.4 Å². The lowest BCUT2D eigenvalue weighted by Gasteiger charge is -2.31. The molecule has 1 saturated carbocycles. The van der Waals surface area contributed by atoms with Crippen molar-refractivity contribution in [3.05, 3.63) is 23.8 Å². The Morgan fingerprint density at radius 3 is 2.57 bits per heavy atom. The zero-order valence-electron chi connectivity index (χ0n) is 13.7. The van der Waals surface area contributed by atoms with Gasteiger partial charge in [-0.2, -0.15) is 0 Å². The van der Waals surface area contributed by atoms with Gasteiger partial charge in [-0.25, -0.2) is 0 Å². The van der Waals surface area contributed by atoms with E-state index >= 15 is 0 Å². The van der Waals surface area contributed by atoms with E-state index in [0.29, 0.717) is 6.04 Å². The predicted molar refractivity (Wildman–Crippen MR) is 87.3 cm³/mol. The largest absolute Gasteiger partial charge is 0.493 e. The van der Waals surface area contributed by atoms with E-state index in [1.807, 2.05) is 6.07 Å². The molecule has 0 amide bonds. The van der Waals surface area contributed by atoms with Crippen molar-refractivity contribution in [2.75, 3.05) is 20.8 Å². The van der Waals surface area contributed by atoms with E-state index in [1.165, 1.54) is 37.7 Å². The molecule has 3 nitrogen and oxygen atoms in total. The predicted octanol–water partition coefficient (Wildman–Crippen LogP) is 3.80. The fraction of sp³-hybridized carbons (Fsp3) is 0.667. The summed E-state index contributed by atoms with van der Waals surface area (Å²) in [6, 6.07) is 6.91. The van der Waals surface area contributed by atoms with Gasteiger partial charge in [0.25, 0.3) is 0 Å². The second kappa shape index (κ2) is 8.28. The second-order valence-corrected chi connectivity index (χ2v) is 5.95. The highest BCUT2D eigenvalue weighted by molar-refractivity contribution is 5.42. The van der Waals surface area contributed by atoms with Gasteiger partial charge < -0.3 is 14.8 Å². The van der Waals surface area contributed by atoms with Crippen LogP contribution in [-0.2, 0) is 6.42 Å². The number of benzene rings is 1.